The third kappa shape index (κ3) is 13.1. The number of nitrogens with one attached hydrogen (secondary N) is 1. The number of thioether (sulfide) groups is 1. The maximum atomic E-state index is 13.9. The Labute approximate surface area is 216 Å². The minimum atomic E-state index is -0.226. The van der Waals surface area contributed by atoms with Gasteiger partial charge in [-0.2, -0.15) is 0 Å². The lowest BCUT2D eigenvalue weighted by molar-refractivity contribution is 0.211. The van der Waals surface area contributed by atoms with E-state index in [1.54, 1.807) is 23.9 Å². The van der Waals surface area contributed by atoms with E-state index in [0.29, 0.717) is 23.8 Å². The molecule has 0 heterocycles. The number of halogens is 1. The maximum Gasteiger partial charge on any atom is 0.130 e. The number of para-hydroxylation sites is 1. The smallest absolute Gasteiger partial charge is 0.130 e. The van der Waals surface area contributed by atoms with Gasteiger partial charge < -0.3 is 14.8 Å². The van der Waals surface area contributed by atoms with E-state index in [0.717, 1.165) is 12.2 Å². The second-order valence-electron chi connectivity index (χ2n) is 8.47. The lowest BCUT2D eigenvalue weighted by Gasteiger charge is -2.15. The normalized spacial score (nSPS) is 10.9. The summed E-state index contributed by atoms with van der Waals surface area (Å²) >= 11 is 1.70. The van der Waals surface area contributed by atoms with Crippen LogP contribution in [-0.4, -0.2) is 25.5 Å². The number of ether oxygens (including phenoxy) is 2. The molecule has 0 bridgehead atoms. The van der Waals surface area contributed by atoms with Crippen molar-refractivity contribution in [2.45, 2.75) is 70.9 Å². The molecule has 3 aromatic rings. The van der Waals surface area contributed by atoms with Crippen molar-refractivity contribution in [1.29, 1.82) is 0 Å². The van der Waals surface area contributed by atoms with Crippen LogP contribution in [0.2, 0.25) is 0 Å². The minimum absolute atomic E-state index is 0.0293. The topological polar surface area (TPSA) is 30.5 Å². The maximum absolute atomic E-state index is 13.9. The van der Waals surface area contributed by atoms with Crippen molar-refractivity contribution < 1.29 is 13.9 Å². The zero-order valence-corrected chi connectivity index (χ0v) is 23.1. The van der Waals surface area contributed by atoms with Gasteiger partial charge in [0, 0.05) is 22.7 Å². The molecule has 0 fully saturated rings. The zero-order chi connectivity index (χ0) is 26.1. The van der Waals surface area contributed by atoms with Crippen molar-refractivity contribution in [2.24, 2.45) is 0 Å². The molecule has 1 unspecified atom stereocenters. The molecule has 0 radical (unpaired) electrons. The van der Waals surface area contributed by atoms with Crippen LogP contribution >= 0.6 is 11.8 Å². The molecule has 0 saturated heterocycles. The Balaban J connectivity index is 0.000000391. The van der Waals surface area contributed by atoms with Gasteiger partial charge in [0.15, 0.2) is 0 Å². The lowest BCUT2D eigenvalue weighted by Crippen LogP contribution is -2.13. The highest BCUT2D eigenvalue weighted by molar-refractivity contribution is 7.98. The summed E-state index contributed by atoms with van der Waals surface area (Å²) in [7, 11) is 1.53. The van der Waals surface area contributed by atoms with E-state index in [2.05, 4.69) is 45.1 Å². The summed E-state index contributed by atoms with van der Waals surface area (Å²) in [5, 5.41) is 3.30. The Kier molecular flexibility index (Phi) is 15.4. The highest BCUT2D eigenvalue weighted by Crippen LogP contribution is 2.22. The van der Waals surface area contributed by atoms with Crippen LogP contribution in [-0.2, 0) is 6.42 Å². The van der Waals surface area contributed by atoms with Gasteiger partial charge in [0.05, 0.1) is 13.2 Å². The van der Waals surface area contributed by atoms with Gasteiger partial charge in [-0.3, -0.25) is 0 Å². The van der Waals surface area contributed by atoms with Crippen LogP contribution in [0.3, 0.4) is 0 Å². The Bertz CT molecular complexity index is 933. The quantitative estimate of drug-likeness (QED) is 0.298. The Morgan fingerprint density at radius 2 is 1.49 bits per heavy atom. The van der Waals surface area contributed by atoms with Gasteiger partial charge in [-0.1, -0.05) is 44.5 Å². The van der Waals surface area contributed by atoms with Gasteiger partial charge in [0.1, 0.15) is 17.3 Å². The van der Waals surface area contributed by atoms with E-state index in [9.17, 15) is 4.39 Å². The van der Waals surface area contributed by atoms with Crippen molar-refractivity contribution in [3.63, 3.8) is 0 Å². The molecule has 35 heavy (non-hydrogen) atoms. The molecule has 3 aromatic carbocycles. The summed E-state index contributed by atoms with van der Waals surface area (Å²) in [5.74, 6) is 1.16. The fourth-order valence-corrected chi connectivity index (χ4v) is 3.44. The molecule has 1 atom stereocenters. The standard InChI is InChI=1S/C18H21FO2S.C9H13N.C3H8/c1-13(21-15-8-10-17(22-3)11-9-15)4-5-14-6-7-16(20-2)12-18(14)19;1-8(2)10-9-6-4-3-5-7-9;1-3-2/h6-13H,4-5H2,1-3H3;3-8,10H,1-2H3;3H2,1-2H3. The highest BCUT2D eigenvalue weighted by Gasteiger charge is 2.09. The van der Waals surface area contributed by atoms with Crippen LogP contribution in [0, 0.1) is 5.82 Å². The first-order valence-electron chi connectivity index (χ1n) is 12.3. The van der Waals surface area contributed by atoms with Crippen molar-refractivity contribution in [3.8, 4) is 11.5 Å². The second kappa shape index (κ2) is 17.7. The Morgan fingerprint density at radius 1 is 0.886 bits per heavy atom. The van der Waals surface area contributed by atoms with E-state index < -0.39 is 0 Å². The van der Waals surface area contributed by atoms with Crippen LogP contribution < -0.4 is 14.8 Å². The Hall–Kier alpha value is -2.66. The molecule has 3 nitrogen and oxygen atoms in total. The number of rotatable bonds is 9. The van der Waals surface area contributed by atoms with Gasteiger partial charge in [-0.25, -0.2) is 4.39 Å². The summed E-state index contributed by atoms with van der Waals surface area (Å²) < 4.78 is 24.7. The molecule has 3 rings (SSSR count). The molecular weight excluding hydrogens is 457 g/mol. The number of methoxy groups -OCH3 is 1. The molecule has 0 aliphatic carbocycles. The first kappa shape index (κ1) is 30.4. The molecule has 0 amide bonds. The third-order valence-corrected chi connectivity index (χ3v) is 5.45. The second-order valence-corrected chi connectivity index (χ2v) is 9.35. The number of benzene rings is 3. The molecule has 192 valence electrons. The fourth-order valence-electron chi connectivity index (χ4n) is 3.03. The van der Waals surface area contributed by atoms with Gasteiger partial charge in [-0.05, 0) is 87.9 Å². The summed E-state index contributed by atoms with van der Waals surface area (Å²) in [4.78, 5) is 1.21. The number of anilines is 1. The van der Waals surface area contributed by atoms with Gasteiger partial charge >= 0.3 is 0 Å². The van der Waals surface area contributed by atoms with Crippen molar-refractivity contribution in [3.05, 3.63) is 84.2 Å². The van der Waals surface area contributed by atoms with Crippen LogP contribution in [0.15, 0.2) is 77.7 Å². The minimum Gasteiger partial charge on any atom is -0.497 e. The van der Waals surface area contributed by atoms with Crippen molar-refractivity contribution in [1.82, 2.24) is 0 Å². The lowest BCUT2D eigenvalue weighted by atomic mass is 10.1. The van der Waals surface area contributed by atoms with Crippen molar-refractivity contribution in [2.75, 3.05) is 18.7 Å². The molecule has 1 N–H and O–H groups in total. The summed E-state index contributed by atoms with van der Waals surface area (Å²) in [6.45, 7) is 10.5. The largest absolute Gasteiger partial charge is 0.497 e. The van der Waals surface area contributed by atoms with Gasteiger partial charge in [0.2, 0.25) is 0 Å². The van der Waals surface area contributed by atoms with Crippen molar-refractivity contribution >= 4 is 17.4 Å². The van der Waals surface area contributed by atoms with E-state index in [4.69, 9.17) is 9.47 Å². The van der Waals surface area contributed by atoms with E-state index >= 15 is 0 Å². The summed E-state index contributed by atoms with van der Waals surface area (Å²) in [5.41, 5.74) is 1.88. The monoisotopic (exact) mass is 499 g/mol. The molecule has 5 heteroatoms. The molecule has 0 saturated carbocycles. The van der Waals surface area contributed by atoms with Crippen LogP contribution in [0.4, 0.5) is 10.1 Å². The number of hydrogen-bond acceptors (Lipinski definition) is 4. The molecular formula is C30H42FNO2S. The summed E-state index contributed by atoms with van der Waals surface area (Å²) in [6.07, 6.45) is 4.72. The first-order chi connectivity index (χ1) is 16.8. The van der Waals surface area contributed by atoms with E-state index in [1.807, 2.05) is 55.6 Å². The zero-order valence-electron chi connectivity index (χ0n) is 22.3. The van der Waals surface area contributed by atoms with Crippen LogP contribution in [0.1, 0.15) is 53.0 Å². The average Bonchev–Trinajstić information content (AvgIpc) is 2.85. The number of aryl methyl sites for hydroxylation is 1. The van der Waals surface area contributed by atoms with Crippen LogP contribution in [0.5, 0.6) is 11.5 Å². The predicted molar refractivity (Wildman–Crippen MR) is 151 cm³/mol. The molecule has 0 aliphatic heterocycles. The number of hydrogen-bond donors (Lipinski definition) is 1. The third-order valence-electron chi connectivity index (χ3n) is 4.71. The molecule has 0 aromatic heterocycles. The summed E-state index contributed by atoms with van der Waals surface area (Å²) in [6, 6.07) is 23.7. The fraction of sp³-hybridized carbons (Fsp3) is 0.400. The predicted octanol–water partition coefficient (Wildman–Crippen LogP) is 8.88. The van der Waals surface area contributed by atoms with Crippen LogP contribution in [0.25, 0.3) is 0 Å². The Morgan fingerprint density at radius 3 is 2.00 bits per heavy atom. The average molecular weight is 500 g/mol. The SMILES string of the molecule is CC(C)Nc1ccccc1.CCC.COc1ccc(CCC(C)Oc2ccc(SC)cc2)c(F)c1. The van der Waals surface area contributed by atoms with E-state index in [-0.39, 0.29) is 11.9 Å². The molecule has 0 aliphatic rings. The van der Waals surface area contributed by atoms with E-state index in [1.165, 1.54) is 30.2 Å². The highest BCUT2D eigenvalue weighted by atomic mass is 32.2. The molecule has 0 spiro atoms. The first-order valence-corrected chi connectivity index (χ1v) is 13.5. The van der Waals surface area contributed by atoms with Gasteiger partial charge in [-0.15, -0.1) is 11.8 Å². The van der Waals surface area contributed by atoms with Gasteiger partial charge in [0.25, 0.3) is 0 Å².